The summed E-state index contributed by atoms with van der Waals surface area (Å²) in [5, 5.41) is 12.4. The van der Waals surface area contributed by atoms with E-state index in [-0.39, 0.29) is 35.2 Å². The van der Waals surface area contributed by atoms with E-state index in [1.165, 1.54) is 5.57 Å². The Morgan fingerprint density at radius 3 is 2.57 bits per heavy atom. The lowest BCUT2D eigenvalue weighted by atomic mass is 9.68. The van der Waals surface area contributed by atoms with Crippen molar-refractivity contribution in [1.29, 1.82) is 0 Å². The maximum Gasteiger partial charge on any atom is 0.407 e. The zero-order chi connectivity index (χ0) is 22.3. The third kappa shape index (κ3) is 4.67. The lowest BCUT2D eigenvalue weighted by Gasteiger charge is -2.42. The fraction of sp³-hybridized carbons (Fsp3) is 0.864. The van der Waals surface area contributed by atoms with Gasteiger partial charge in [-0.3, -0.25) is 0 Å². The summed E-state index contributed by atoms with van der Waals surface area (Å²) >= 11 is 0. The van der Waals surface area contributed by atoms with Crippen molar-refractivity contribution in [3.63, 3.8) is 0 Å². The van der Waals surface area contributed by atoms with Crippen LogP contribution < -0.4 is 11.1 Å². The molecular formula is C22H38N2O6. The van der Waals surface area contributed by atoms with Crippen molar-refractivity contribution in [2.75, 3.05) is 13.7 Å². The van der Waals surface area contributed by atoms with Crippen LogP contribution in [0.15, 0.2) is 11.6 Å². The maximum atomic E-state index is 12.6. The Kier molecular flexibility index (Phi) is 6.84. The molecule has 0 aromatic rings. The van der Waals surface area contributed by atoms with E-state index < -0.39 is 24.5 Å². The molecule has 0 aromatic carbocycles. The van der Waals surface area contributed by atoms with Crippen LogP contribution in [-0.4, -0.2) is 66.7 Å². The smallest absolute Gasteiger partial charge is 0.407 e. The molecule has 8 nitrogen and oxygen atoms in total. The molecule has 3 fully saturated rings. The van der Waals surface area contributed by atoms with E-state index in [4.69, 9.17) is 24.7 Å². The summed E-state index contributed by atoms with van der Waals surface area (Å²) in [4.78, 5) is 12.6. The van der Waals surface area contributed by atoms with E-state index >= 15 is 0 Å². The standard InChI is InChI=1S/C22H38N2O6/c1-12(2)7-8-15-21(5,30-15)18-17(27-6)14(9-10-22(18)11-28-22)29-20(26)24-16(13(3)4)19(23)25/h7,13-19,25H,8-11,23H2,1-6H3,(H,24,26)/t14-,15-,16-,17-,18-,19+,21+,22+/m1/s1. The summed E-state index contributed by atoms with van der Waals surface area (Å²) in [7, 11) is 1.64. The zero-order valence-corrected chi connectivity index (χ0v) is 19.0. The number of methoxy groups -OCH3 is 1. The Morgan fingerprint density at radius 2 is 2.07 bits per heavy atom. The number of carbonyl (C=O) groups excluding carboxylic acids is 1. The summed E-state index contributed by atoms with van der Waals surface area (Å²) in [6.07, 6.45) is 2.04. The Hall–Kier alpha value is -1.19. The normalized spacial score (nSPS) is 39.4. The van der Waals surface area contributed by atoms with Gasteiger partial charge in [-0.1, -0.05) is 25.5 Å². The minimum Gasteiger partial charge on any atom is -0.443 e. The lowest BCUT2D eigenvalue weighted by Crippen LogP contribution is -2.57. The van der Waals surface area contributed by atoms with Gasteiger partial charge in [-0.15, -0.1) is 0 Å². The van der Waals surface area contributed by atoms with Crippen molar-refractivity contribution in [2.45, 2.75) is 95.7 Å². The highest BCUT2D eigenvalue weighted by molar-refractivity contribution is 5.68. The number of hydrogen-bond donors (Lipinski definition) is 3. The van der Waals surface area contributed by atoms with Gasteiger partial charge in [0.05, 0.1) is 24.7 Å². The average Bonchev–Trinajstić information content (AvgIpc) is 3.56. The molecule has 0 unspecified atom stereocenters. The van der Waals surface area contributed by atoms with Gasteiger partial charge in [0.25, 0.3) is 0 Å². The number of aliphatic hydroxyl groups is 1. The van der Waals surface area contributed by atoms with Crippen LogP contribution in [0.4, 0.5) is 4.79 Å². The Morgan fingerprint density at radius 1 is 1.40 bits per heavy atom. The molecule has 2 aliphatic heterocycles. The van der Waals surface area contributed by atoms with Crippen molar-refractivity contribution >= 4 is 6.09 Å². The average molecular weight is 427 g/mol. The molecule has 8 heteroatoms. The van der Waals surface area contributed by atoms with Crippen LogP contribution in [0.3, 0.4) is 0 Å². The molecule has 1 saturated carbocycles. The van der Waals surface area contributed by atoms with Crippen LogP contribution in [0.2, 0.25) is 0 Å². The van der Waals surface area contributed by atoms with E-state index in [9.17, 15) is 9.90 Å². The number of ether oxygens (including phenoxy) is 4. The summed E-state index contributed by atoms with van der Waals surface area (Å²) in [6, 6.07) is -0.589. The second kappa shape index (κ2) is 8.74. The summed E-state index contributed by atoms with van der Waals surface area (Å²) < 4.78 is 23.7. The van der Waals surface area contributed by atoms with Crippen LogP contribution >= 0.6 is 0 Å². The largest absolute Gasteiger partial charge is 0.443 e. The van der Waals surface area contributed by atoms with Crippen LogP contribution in [0.25, 0.3) is 0 Å². The first-order chi connectivity index (χ1) is 14.0. The molecule has 2 heterocycles. The van der Waals surface area contributed by atoms with Crippen molar-refractivity contribution in [3.05, 3.63) is 11.6 Å². The Bertz CT molecular complexity index is 650. The van der Waals surface area contributed by atoms with Gasteiger partial charge in [0.15, 0.2) is 0 Å². The number of hydrogen-bond acceptors (Lipinski definition) is 7. The molecule has 0 radical (unpaired) electrons. The predicted octanol–water partition coefficient (Wildman–Crippen LogP) is 2.09. The predicted molar refractivity (Wildman–Crippen MR) is 112 cm³/mol. The number of allylic oxidation sites excluding steroid dienone is 1. The fourth-order valence-electron chi connectivity index (χ4n) is 5.02. The first-order valence-electron chi connectivity index (χ1n) is 10.9. The number of aliphatic hydroxyl groups excluding tert-OH is 1. The van der Waals surface area contributed by atoms with Gasteiger partial charge in [-0.05, 0) is 46.0 Å². The molecule has 1 amide bonds. The minimum atomic E-state index is -1.16. The Labute approximate surface area is 179 Å². The molecule has 4 N–H and O–H groups in total. The number of epoxide rings is 2. The zero-order valence-electron chi connectivity index (χ0n) is 19.0. The maximum absolute atomic E-state index is 12.6. The molecule has 3 aliphatic rings. The van der Waals surface area contributed by atoms with Gasteiger partial charge < -0.3 is 35.1 Å². The van der Waals surface area contributed by atoms with Crippen molar-refractivity contribution < 1.29 is 28.8 Å². The van der Waals surface area contributed by atoms with E-state index in [0.717, 1.165) is 12.8 Å². The lowest BCUT2D eigenvalue weighted by molar-refractivity contribution is -0.118. The third-order valence-electron chi connectivity index (χ3n) is 6.87. The minimum absolute atomic E-state index is 0.0295. The molecule has 2 saturated heterocycles. The number of alkyl carbamates (subject to hydrolysis) is 1. The quantitative estimate of drug-likeness (QED) is 0.309. The molecule has 30 heavy (non-hydrogen) atoms. The van der Waals surface area contributed by atoms with E-state index in [0.29, 0.717) is 13.0 Å². The van der Waals surface area contributed by atoms with Gasteiger partial charge in [-0.2, -0.15) is 0 Å². The number of nitrogens with one attached hydrogen (secondary N) is 1. The molecule has 0 aromatic heterocycles. The van der Waals surface area contributed by atoms with E-state index in [2.05, 4.69) is 32.2 Å². The molecule has 172 valence electrons. The van der Waals surface area contributed by atoms with Crippen molar-refractivity contribution in [2.24, 2.45) is 17.6 Å². The van der Waals surface area contributed by atoms with Crippen LogP contribution in [0.1, 0.15) is 53.9 Å². The van der Waals surface area contributed by atoms with E-state index in [1.54, 1.807) is 7.11 Å². The van der Waals surface area contributed by atoms with Gasteiger partial charge in [0.1, 0.15) is 29.6 Å². The van der Waals surface area contributed by atoms with E-state index in [1.807, 2.05) is 13.8 Å². The number of nitrogens with two attached hydrogens (primary N) is 1. The first kappa shape index (κ1) is 23.5. The molecule has 1 spiro atoms. The summed E-state index contributed by atoms with van der Waals surface area (Å²) in [5.74, 6) is -0.0641. The third-order valence-corrected chi connectivity index (χ3v) is 6.87. The second-order valence-electron chi connectivity index (χ2n) is 9.73. The highest BCUT2D eigenvalue weighted by atomic mass is 16.6. The second-order valence-corrected chi connectivity index (χ2v) is 9.73. The van der Waals surface area contributed by atoms with Crippen molar-refractivity contribution in [1.82, 2.24) is 5.32 Å². The number of rotatable bonds is 8. The summed E-state index contributed by atoms with van der Waals surface area (Å²) in [6.45, 7) is 10.7. The van der Waals surface area contributed by atoms with Crippen LogP contribution in [0.5, 0.6) is 0 Å². The molecule has 8 atom stereocenters. The number of amides is 1. The van der Waals surface area contributed by atoms with Gasteiger partial charge in [0, 0.05) is 7.11 Å². The van der Waals surface area contributed by atoms with Gasteiger partial charge in [-0.25, -0.2) is 4.79 Å². The molecule has 1 aliphatic carbocycles. The van der Waals surface area contributed by atoms with Crippen LogP contribution in [-0.2, 0) is 18.9 Å². The summed E-state index contributed by atoms with van der Waals surface area (Å²) in [5.41, 5.74) is 6.21. The number of carbonyl (C=O) groups is 1. The molecule has 3 rings (SSSR count). The SMILES string of the molecule is CO[C@@H]1[C@H](OC(=O)N[C@H](C(C)C)[C@@H](N)O)CC[C@]2(CO2)[C@H]1[C@@]1(C)O[C@@H]1CC=C(C)C. The van der Waals surface area contributed by atoms with Crippen molar-refractivity contribution in [3.8, 4) is 0 Å². The highest BCUT2D eigenvalue weighted by Crippen LogP contribution is 2.59. The molecule has 0 bridgehead atoms. The van der Waals surface area contributed by atoms with Gasteiger partial charge >= 0.3 is 6.09 Å². The first-order valence-corrected chi connectivity index (χ1v) is 10.9. The van der Waals surface area contributed by atoms with Crippen LogP contribution in [0, 0.1) is 11.8 Å². The topological polar surface area (TPSA) is 119 Å². The Balaban J connectivity index is 1.71. The fourth-order valence-corrected chi connectivity index (χ4v) is 5.02. The monoisotopic (exact) mass is 426 g/mol. The van der Waals surface area contributed by atoms with Gasteiger partial charge in [0.2, 0.25) is 0 Å². The molecular weight excluding hydrogens is 388 g/mol. The highest BCUT2D eigenvalue weighted by Gasteiger charge is 2.72.